The number of rotatable bonds is 10. The van der Waals surface area contributed by atoms with E-state index in [0.29, 0.717) is 34.5 Å². The molecule has 194 valence electrons. The molecule has 1 atom stereocenters. The lowest BCUT2D eigenvalue weighted by Gasteiger charge is -2.37. The first kappa shape index (κ1) is 26.1. The Hall–Kier alpha value is -2.98. The third-order valence-electron chi connectivity index (χ3n) is 6.51. The van der Waals surface area contributed by atoms with Crippen LogP contribution >= 0.6 is 11.8 Å². The second kappa shape index (κ2) is 11.8. The van der Waals surface area contributed by atoms with Crippen molar-refractivity contribution in [2.75, 3.05) is 47.0 Å². The summed E-state index contributed by atoms with van der Waals surface area (Å²) >= 11 is 1.44. The molecule has 0 aromatic heterocycles. The number of benzene rings is 1. The average molecular weight is 515 g/mol. The number of esters is 1. The molecule has 1 unspecified atom stereocenters. The Kier molecular flexibility index (Phi) is 8.58. The van der Waals surface area contributed by atoms with Crippen LogP contribution < -0.4 is 14.8 Å². The van der Waals surface area contributed by atoms with Crippen molar-refractivity contribution >= 4 is 28.8 Å². The van der Waals surface area contributed by atoms with Crippen molar-refractivity contribution in [1.82, 2.24) is 15.1 Å². The van der Waals surface area contributed by atoms with Crippen LogP contribution in [0.3, 0.4) is 0 Å². The van der Waals surface area contributed by atoms with Crippen molar-refractivity contribution in [2.45, 2.75) is 39.2 Å². The van der Waals surface area contributed by atoms with Gasteiger partial charge in [0.2, 0.25) is 5.91 Å². The number of carbonyl (C=O) groups is 2. The number of likely N-dealkylation sites (tertiary alicyclic amines) is 1. The summed E-state index contributed by atoms with van der Waals surface area (Å²) in [5.74, 6) is 0.561. The number of amidine groups is 1. The highest BCUT2D eigenvalue weighted by Crippen LogP contribution is 2.48. The van der Waals surface area contributed by atoms with E-state index in [1.807, 2.05) is 28.5 Å². The predicted octanol–water partition coefficient (Wildman–Crippen LogP) is 3.44. The molecule has 3 heterocycles. The molecule has 1 amide bonds. The van der Waals surface area contributed by atoms with E-state index in [0.717, 1.165) is 30.9 Å². The Morgan fingerprint density at radius 2 is 1.97 bits per heavy atom. The van der Waals surface area contributed by atoms with Crippen LogP contribution in [-0.2, 0) is 14.3 Å². The molecule has 0 radical (unpaired) electrons. The first-order valence-corrected chi connectivity index (χ1v) is 13.2. The number of methoxy groups -OCH3 is 2. The smallest absolute Gasteiger partial charge is 0.338 e. The number of thioether (sulfide) groups is 1. The molecule has 1 aromatic rings. The van der Waals surface area contributed by atoms with Crippen molar-refractivity contribution < 1.29 is 23.8 Å². The fraction of sp³-hybridized carbons (Fsp3) is 0.500. The maximum Gasteiger partial charge on any atom is 0.338 e. The van der Waals surface area contributed by atoms with Gasteiger partial charge in [-0.25, -0.2) is 9.79 Å². The maximum atomic E-state index is 13.2. The minimum atomic E-state index is -0.583. The number of fused-ring (bicyclic) bond motifs is 1. The van der Waals surface area contributed by atoms with Gasteiger partial charge in [0.05, 0.1) is 44.6 Å². The number of para-hydroxylation sites is 1. The molecular formula is C26H34N4O5S. The first-order chi connectivity index (χ1) is 17.5. The number of amides is 1. The van der Waals surface area contributed by atoms with Gasteiger partial charge in [0.1, 0.15) is 0 Å². The Balaban J connectivity index is 1.63. The van der Waals surface area contributed by atoms with Gasteiger partial charge in [0, 0.05) is 24.4 Å². The summed E-state index contributed by atoms with van der Waals surface area (Å²) < 4.78 is 16.7. The van der Waals surface area contributed by atoms with E-state index in [1.165, 1.54) is 24.6 Å². The molecule has 36 heavy (non-hydrogen) atoms. The summed E-state index contributed by atoms with van der Waals surface area (Å²) in [5.41, 5.74) is 2.48. The largest absolute Gasteiger partial charge is 0.493 e. The Morgan fingerprint density at radius 3 is 2.67 bits per heavy atom. The van der Waals surface area contributed by atoms with Crippen molar-refractivity contribution in [1.29, 1.82) is 0 Å². The van der Waals surface area contributed by atoms with E-state index in [1.54, 1.807) is 28.1 Å². The highest BCUT2D eigenvalue weighted by molar-refractivity contribution is 8.16. The number of nitrogens with one attached hydrogen (secondary N) is 1. The average Bonchev–Trinajstić information content (AvgIpc) is 3.53. The lowest BCUT2D eigenvalue weighted by Crippen LogP contribution is -2.39. The van der Waals surface area contributed by atoms with Crippen LogP contribution in [0.4, 0.5) is 0 Å². The second-order valence-corrected chi connectivity index (χ2v) is 9.61. The fourth-order valence-corrected chi connectivity index (χ4v) is 5.81. The summed E-state index contributed by atoms with van der Waals surface area (Å²) in [6.45, 7) is 7.48. The van der Waals surface area contributed by atoms with Gasteiger partial charge in [-0.15, -0.1) is 0 Å². The van der Waals surface area contributed by atoms with Crippen LogP contribution in [0.15, 0.2) is 45.6 Å². The normalized spacial score (nSPS) is 19.6. The molecule has 3 aliphatic rings. The highest BCUT2D eigenvalue weighted by Gasteiger charge is 2.42. The molecule has 1 N–H and O–H groups in total. The molecule has 1 saturated heterocycles. The number of ether oxygens (including phenoxy) is 3. The number of hydrogen-bond acceptors (Lipinski definition) is 9. The lowest BCUT2D eigenvalue weighted by atomic mass is 9.92. The van der Waals surface area contributed by atoms with Gasteiger partial charge in [-0.05, 0) is 51.3 Å². The molecule has 9 nitrogen and oxygen atoms in total. The maximum absolute atomic E-state index is 13.2. The van der Waals surface area contributed by atoms with Gasteiger partial charge in [0.25, 0.3) is 0 Å². The zero-order valence-corrected chi connectivity index (χ0v) is 22.2. The molecule has 3 aliphatic heterocycles. The SMILES string of the molecule is CCOC(=O)C1=C(C)N=C2SC=C(CC(=O)NCCN3CCCC3)N2C1c1cccc(OC)c1OC. The Bertz CT molecular complexity index is 1090. The van der Waals surface area contributed by atoms with Crippen LogP contribution in [0.1, 0.15) is 44.7 Å². The highest BCUT2D eigenvalue weighted by atomic mass is 32.2. The summed E-state index contributed by atoms with van der Waals surface area (Å²) in [5, 5.41) is 5.68. The van der Waals surface area contributed by atoms with E-state index in [4.69, 9.17) is 19.2 Å². The van der Waals surface area contributed by atoms with E-state index in [-0.39, 0.29) is 18.9 Å². The monoisotopic (exact) mass is 514 g/mol. The van der Waals surface area contributed by atoms with Crippen LogP contribution in [-0.4, -0.2) is 73.8 Å². The molecule has 1 aromatic carbocycles. The van der Waals surface area contributed by atoms with Crippen LogP contribution in [0.2, 0.25) is 0 Å². The van der Waals surface area contributed by atoms with E-state index in [9.17, 15) is 9.59 Å². The third-order valence-corrected chi connectivity index (χ3v) is 7.40. The summed E-state index contributed by atoms with van der Waals surface area (Å²) in [7, 11) is 3.15. The molecule has 10 heteroatoms. The zero-order chi connectivity index (χ0) is 25.7. The molecular weight excluding hydrogens is 480 g/mol. The van der Waals surface area contributed by atoms with Gasteiger partial charge < -0.3 is 29.3 Å². The molecule has 0 spiro atoms. The van der Waals surface area contributed by atoms with Crippen molar-refractivity contribution in [3.63, 3.8) is 0 Å². The van der Waals surface area contributed by atoms with Crippen molar-refractivity contribution in [3.8, 4) is 11.5 Å². The minimum Gasteiger partial charge on any atom is -0.493 e. The standard InChI is InChI=1S/C26H34N4O5S/c1-5-35-25(32)22-17(2)28-26-30(23(22)19-9-8-10-20(33-3)24(19)34-4)18(16-36-26)15-21(31)27-11-14-29-12-6-7-13-29/h8-10,16,23H,5-7,11-15H2,1-4H3,(H,27,31). The Labute approximate surface area is 216 Å². The Morgan fingerprint density at radius 1 is 1.19 bits per heavy atom. The quantitative estimate of drug-likeness (QED) is 0.475. The van der Waals surface area contributed by atoms with Gasteiger partial charge in [-0.3, -0.25) is 4.79 Å². The third kappa shape index (κ3) is 5.39. The number of nitrogens with zero attached hydrogens (tertiary/aromatic N) is 3. The molecule has 0 saturated carbocycles. The molecule has 0 aliphatic carbocycles. The number of hydrogen-bond donors (Lipinski definition) is 1. The van der Waals surface area contributed by atoms with Gasteiger partial charge in [-0.2, -0.15) is 0 Å². The van der Waals surface area contributed by atoms with Crippen LogP contribution in [0.5, 0.6) is 11.5 Å². The fourth-order valence-electron chi connectivity index (χ4n) is 4.85. The van der Waals surface area contributed by atoms with Gasteiger partial charge in [-0.1, -0.05) is 23.9 Å². The zero-order valence-electron chi connectivity index (χ0n) is 21.3. The van der Waals surface area contributed by atoms with E-state index >= 15 is 0 Å². The number of allylic oxidation sites excluding steroid dienone is 1. The number of carbonyl (C=O) groups excluding carboxylic acids is 2. The minimum absolute atomic E-state index is 0.0670. The molecule has 4 rings (SSSR count). The predicted molar refractivity (Wildman–Crippen MR) is 140 cm³/mol. The lowest BCUT2D eigenvalue weighted by molar-refractivity contribution is -0.139. The number of aliphatic imine (C=N–C) groups is 1. The van der Waals surface area contributed by atoms with E-state index < -0.39 is 12.0 Å². The summed E-state index contributed by atoms with van der Waals surface area (Å²) in [6, 6.07) is 4.99. The second-order valence-electron chi connectivity index (χ2n) is 8.77. The first-order valence-electron chi connectivity index (χ1n) is 12.3. The summed E-state index contributed by atoms with van der Waals surface area (Å²) in [4.78, 5) is 35.1. The molecule has 0 bridgehead atoms. The van der Waals surface area contributed by atoms with E-state index in [2.05, 4.69) is 10.2 Å². The molecule has 1 fully saturated rings. The van der Waals surface area contributed by atoms with Crippen molar-refractivity contribution in [2.24, 2.45) is 4.99 Å². The topological polar surface area (TPSA) is 92.7 Å². The van der Waals surface area contributed by atoms with Gasteiger partial charge in [0.15, 0.2) is 16.7 Å². The van der Waals surface area contributed by atoms with Crippen LogP contribution in [0, 0.1) is 0 Å². The van der Waals surface area contributed by atoms with Crippen molar-refractivity contribution in [3.05, 3.63) is 46.1 Å². The van der Waals surface area contributed by atoms with Gasteiger partial charge >= 0.3 is 5.97 Å². The van der Waals surface area contributed by atoms with Crippen LogP contribution in [0.25, 0.3) is 0 Å². The summed E-state index contributed by atoms with van der Waals surface area (Å²) in [6.07, 6.45) is 2.62.